The van der Waals surface area contributed by atoms with Crippen molar-refractivity contribution in [1.29, 1.82) is 0 Å². The number of halogens is 1. The average Bonchev–Trinajstić information content (AvgIpc) is 2.91. The molecule has 2 heterocycles. The van der Waals surface area contributed by atoms with E-state index in [2.05, 4.69) is 22.3 Å². The van der Waals surface area contributed by atoms with E-state index in [0.717, 1.165) is 24.4 Å². The Morgan fingerprint density at radius 1 is 1.44 bits per heavy atom. The van der Waals surface area contributed by atoms with Gasteiger partial charge in [-0.05, 0) is 13.5 Å². The highest BCUT2D eigenvalue weighted by Crippen LogP contribution is 2.27. The quantitative estimate of drug-likeness (QED) is 0.901. The number of nitrogens with zero attached hydrogens (tertiary/aromatic N) is 4. The van der Waals surface area contributed by atoms with Crippen molar-refractivity contribution in [3.63, 3.8) is 0 Å². The monoisotopic (exact) mass is 267 g/mol. The molecular formula is C12H18ClN5. The average molecular weight is 268 g/mol. The summed E-state index contributed by atoms with van der Waals surface area (Å²) < 4.78 is 3.94. The van der Waals surface area contributed by atoms with E-state index in [9.17, 15) is 0 Å². The minimum Gasteiger partial charge on any atom is -0.336 e. The smallest absolute Gasteiger partial charge is 0.0946 e. The SMILES string of the molecule is CCCn1ncc(Cl)c1C(NC)c1cncn1C. The van der Waals surface area contributed by atoms with Crippen LogP contribution in [0, 0.1) is 0 Å². The number of rotatable bonds is 5. The first-order valence-corrected chi connectivity index (χ1v) is 6.41. The Labute approximate surface area is 112 Å². The number of aromatic nitrogens is 4. The first kappa shape index (κ1) is 13.1. The van der Waals surface area contributed by atoms with Gasteiger partial charge in [0.25, 0.3) is 0 Å². The lowest BCUT2D eigenvalue weighted by atomic mass is 10.1. The second kappa shape index (κ2) is 5.54. The van der Waals surface area contributed by atoms with Crippen LogP contribution < -0.4 is 5.32 Å². The van der Waals surface area contributed by atoms with Crippen molar-refractivity contribution in [2.45, 2.75) is 25.9 Å². The summed E-state index contributed by atoms with van der Waals surface area (Å²) in [5, 5.41) is 8.29. The van der Waals surface area contributed by atoms with Crippen molar-refractivity contribution < 1.29 is 0 Å². The molecule has 0 aromatic carbocycles. The Hall–Kier alpha value is -1.33. The van der Waals surface area contributed by atoms with Gasteiger partial charge in [-0.25, -0.2) is 4.98 Å². The molecule has 0 saturated heterocycles. The predicted octanol–water partition coefficient (Wildman–Crippen LogP) is 1.99. The van der Waals surface area contributed by atoms with E-state index in [1.54, 1.807) is 12.5 Å². The van der Waals surface area contributed by atoms with Gasteiger partial charge in [-0.2, -0.15) is 5.10 Å². The molecule has 1 N–H and O–H groups in total. The van der Waals surface area contributed by atoms with Gasteiger partial charge in [0.1, 0.15) is 0 Å². The van der Waals surface area contributed by atoms with Gasteiger partial charge in [0.15, 0.2) is 0 Å². The second-order valence-corrected chi connectivity index (χ2v) is 4.66. The van der Waals surface area contributed by atoms with Gasteiger partial charge in [-0.3, -0.25) is 4.68 Å². The van der Waals surface area contributed by atoms with Crippen LogP contribution in [0.15, 0.2) is 18.7 Å². The van der Waals surface area contributed by atoms with E-state index >= 15 is 0 Å². The van der Waals surface area contributed by atoms with Crippen LogP contribution in [0.3, 0.4) is 0 Å². The van der Waals surface area contributed by atoms with E-state index < -0.39 is 0 Å². The van der Waals surface area contributed by atoms with Gasteiger partial charge in [0.2, 0.25) is 0 Å². The molecule has 6 heteroatoms. The minimum atomic E-state index is -0.000880. The highest BCUT2D eigenvalue weighted by Gasteiger charge is 2.22. The zero-order chi connectivity index (χ0) is 13.1. The fourth-order valence-electron chi connectivity index (χ4n) is 2.12. The van der Waals surface area contributed by atoms with E-state index in [1.165, 1.54) is 0 Å². The van der Waals surface area contributed by atoms with Gasteiger partial charge in [-0.15, -0.1) is 0 Å². The largest absolute Gasteiger partial charge is 0.336 e. The highest BCUT2D eigenvalue weighted by molar-refractivity contribution is 6.31. The molecular weight excluding hydrogens is 250 g/mol. The zero-order valence-corrected chi connectivity index (χ0v) is 11.6. The van der Waals surface area contributed by atoms with E-state index in [1.807, 2.05) is 29.5 Å². The van der Waals surface area contributed by atoms with Crippen molar-refractivity contribution >= 4 is 11.6 Å². The van der Waals surface area contributed by atoms with Crippen LogP contribution >= 0.6 is 11.6 Å². The Bertz CT molecular complexity index is 516. The van der Waals surface area contributed by atoms with Gasteiger partial charge in [-0.1, -0.05) is 18.5 Å². The molecule has 0 aliphatic heterocycles. The molecule has 98 valence electrons. The van der Waals surface area contributed by atoms with E-state index in [-0.39, 0.29) is 6.04 Å². The van der Waals surface area contributed by atoms with Gasteiger partial charge in [0, 0.05) is 13.6 Å². The summed E-state index contributed by atoms with van der Waals surface area (Å²) in [5.41, 5.74) is 2.06. The fraction of sp³-hybridized carbons (Fsp3) is 0.500. The summed E-state index contributed by atoms with van der Waals surface area (Å²) in [5.74, 6) is 0. The summed E-state index contributed by atoms with van der Waals surface area (Å²) in [4.78, 5) is 4.16. The molecule has 1 atom stereocenters. The zero-order valence-electron chi connectivity index (χ0n) is 10.9. The molecule has 2 aromatic rings. The maximum absolute atomic E-state index is 6.27. The third-order valence-electron chi connectivity index (χ3n) is 2.98. The van der Waals surface area contributed by atoms with Crippen LogP contribution in [-0.4, -0.2) is 26.4 Å². The molecule has 0 bridgehead atoms. The molecule has 0 aliphatic rings. The number of hydrogen-bond donors (Lipinski definition) is 1. The minimum absolute atomic E-state index is 0.000880. The maximum atomic E-state index is 6.27. The van der Waals surface area contributed by atoms with Crippen molar-refractivity contribution in [3.05, 3.63) is 35.1 Å². The lowest BCUT2D eigenvalue weighted by molar-refractivity contribution is 0.522. The number of nitrogens with one attached hydrogen (secondary N) is 1. The molecule has 0 aliphatic carbocycles. The van der Waals surface area contributed by atoms with Gasteiger partial charge < -0.3 is 9.88 Å². The van der Waals surface area contributed by atoms with Crippen molar-refractivity contribution in [2.75, 3.05) is 7.05 Å². The van der Waals surface area contributed by atoms with Crippen LogP contribution in [0.5, 0.6) is 0 Å². The lowest BCUT2D eigenvalue weighted by Crippen LogP contribution is -2.24. The summed E-state index contributed by atoms with van der Waals surface area (Å²) in [6.07, 6.45) is 6.36. The fourth-order valence-corrected chi connectivity index (χ4v) is 2.37. The molecule has 18 heavy (non-hydrogen) atoms. The third kappa shape index (κ3) is 2.28. The third-order valence-corrected chi connectivity index (χ3v) is 3.27. The molecule has 0 radical (unpaired) electrons. The number of aryl methyl sites for hydroxylation is 2. The normalized spacial score (nSPS) is 12.9. The molecule has 0 spiro atoms. The first-order valence-electron chi connectivity index (χ1n) is 6.03. The van der Waals surface area contributed by atoms with Gasteiger partial charge >= 0.3 is 0 Å². The van der Waals surface area contributed by atoms with Crippen LogP contribution in [-0.2, 0) is 13.6 Å². The highest BCUT2D eigenvalue weighted by atomic mass is 35.5. The van der Waals surface area contributed by atoms with Crippen LogP contribution in [0.4, 0.5) is 0 Å². The van der Waals surface area contributed by atoms with Gasteiger partial charge in [0.05, 0.1) is 41.2 Å². The molecule has 0 fully saturated rings. The Balaban J connectivity index is 2.45. The molecule has 0 amide bonds. The molecule has 0 saturated carbocycles. The standard InChI is InChI=1S/C12H18ClN5/c1-4-5-18-12(9(13)6-16-18)11(14-2)10-7-15-8-17(10)3/h6-8,11,14H,4-5H2,1-3H3. The summed E-state index contributed by atoms with van der Waals surface area (Å²) >= 11 is 6.27. The van der Waals surface area contributed by atoms with Crippen LogP contribution in [0.25, 0.3) is 0 Å². The molecule has 1 unspecified atom stereocenters. The predicted molar refractivity (Wildman–Crippen MR) is 71.6 cm³/mol. The Kier molecular flexibility index (Phi) is 4.04. The number of imidazole rings is 1. The van der Waals surface area contributed by atoms with E-state index in [4.69, 9.17) is 11.6 Å². The maximum Gasteiger partial charge on any atom is 0.0946 e. The lowest BCUT2D eigenvalue weighted by Gasteiger charge is -2.19. The first-order chi connectivity index (χ1) is 8.69. The van der Waals surface area contributed by atoms with Crippen molar-refractivity contribution in [2.24, 2.45) is 7.05 Å². The molecule has 2 rings (SSSR count). The van der Waals surface area contributed by atoms with E-state index in [0.29, 0.717) is 5.02 Å². The Morgan fingerprint density at radius 2 is 2.22 bits per heavy atom. The van der Waals surface area contributed by atoms with Crippen LogP contribution in [0.2, 0.25) is 5.02 Å². The summed E-state index contributed by atoms with van der Waals surface area (Å²) in [6, 6.07) is -0.000880. The molecule has 5 nitrogen and oxygen atoms in total. The summed E-state index contributed by atoms with van der Waals surface area (Å²) in [7, 11) is 3.89. The Morgan fingerprint density at radius 3 is 2.78 bits per heavy atom. The number of hydrogen-bond acceptors (Lipinski definition) is 3. The summed E-state index contributed by atoms with van der Waals surface area (Å²) in [6.45, 7) is 2.98. The van der Waals surface area contributed by atoms with Crippen molar-refractivity contribution in [1.82, 2.24) is 24.6 Å². The topological polar surface area (TPSA) is 47.7 Å². The molecule has 2 aromatic heterocycles. The second-order valence-electron chi connectivity index (χ2n) is 4.25. The van der Waals surface area contributed by atoms with Crippen LogP contribution in [0.1, 0.15) is 30.8 Å². The van der Waals surface area contributed by atoms with Crippen molar-refractivity contribution in [3.8, 4) is 0 Å².